The largest absolute Gasteiger partial charge is 0.410 e. The lowest BCUT2D eigenvalue weighted by Gasteiger charge is -1.97. The molecule has 2 aromatic rings. The summed E-state index contributed by atoms with van der Waals surface area (Å²) in [5.41, 5.74) is 0.716. The number of hydrogen-bond donors (Lipinski definition) is 1. The van der Waals surface area contributed by atoms with Gasteiger partial charge in [0.25, 0.3) is 0 Å². The van der Waals surface area contributed by atoms with Crippen LogP contribution in [0.3, 0.4) is 0 Å². The molecule has 1 heterocycles. The maximum Gasteiger partial charge on any atom is 0.175 e. The van der Waals surface area contributed by atoms with Gasteiger partial charge in [-0.3, -0.25) is 0 Å². The highest BCUT2D eigenvalue weighted by atomic mass is 32.2. The van der Waals surface area contributed by atoms with E-state index in [1.807, 2.05) is 0 Å². The number of aromatic nitrogens is 3. The van der Waals surface area contributed by atoms with Crippen molar-refractivity contribution in [3.05, 3.63) is 18.2 Å². The molecular formula is C7H7N3O3S. The van der Waals surface area contributed by atoms with Crippen molar-refractivity contribution in [3.8, 4) is 0 Å². The summed E-state index contributed by atoms with van der Waals surface area (Å²) >= 11 is 0. The van der Waals surface area contributed by atoms with Crippen LogP contribution in [-0.2, 0) is 9.84 Å². The highest BCUT2D eigenvalue weighted by Crippen LogP contribution is 2.15. The van der Waals surface area contributed by atoms with Crippen molar-refractivity contribution in [2.75, 3.05) is 6.26 Å². The quantitative estimate of drug-likeness (QED) is 0.677. The van der Waals surface area contributed by atoms with Gasteiger partial charge in [0.1, 0.15) is 11.0 Å². The Morgan fingerprint density at radius 2 is 2.14 bits per heavy atom. The lowest BCUT2D eigenvalue weighted by Crippen LogP contribution is -1.98. The SMILES string of the molecule is CS(=O)(=O)c1ccc2nnn(O)c2c1. The average molecular weight is 213 g/mol. The highest BCUT2D eigenvalue weighted by molar-refractivity contribution is 7.90. The molecule has 1 aromatic carbocycles. The topological polar surface area (TPSA) is 85.1 Å². The molecule has 0 bridgehead atoms. The second-order valence-electron chi connectivity index (χ2n) is 2.90. The Kier molecular flexibility index (Phi) is 1.71. The fourth-order valence-corrected chi connectivity index (χ4v) is 1.76. The number of nitrogens with zero attached hydrogens (tertiary/aromatic N) is 3. The fourth-order valence-electron chi connectivity index (χ4n) is 1.12. The van der Waals surface area contributed by atoms with Gasteiger partial charge in [-0.25, -0.2) is 8.42 Å². The number of sulfone groups is 1. The van der Waals surface area contributed by atoms with Crippen LogP contribution < -0.4 is 0 Å². The third-order valence-corrected chi connectivity index (χ3v) is 2.94. The smallest absolute Gasteiger partial charge is 0.175 e. The molecule has 6 nitrogen and oxygen atoms in total. The standard InChI is InChI=1S/C7H7N3O3S/c1-14(12,13)5-2-3-6-7(4-5)10(11)9-8-6/h2-4,11H,1H3. The van der Waals surface area contributed by atoms with E-state index in [0.29, 0.717) is 10.4 Å². The monoisotopic (exact) mass is 213 g/mol. The maximum absolute atomic E-state index is 11.2. The molecule has 0 aliphatic rings. The molecule has 0 aliphatic carbocycles. The molecule has 0 atom stereocenters. The zero-order valence-corrected chi connectivity index (χ0v) is 8.06. The van der Waals surface area contributed by atoms with Crippen LogP contribution in [0.2, 0.25) is 0 Å². The van der Waals surface area contributed by atoms with Crippen molar-refractivity contribution >= 4 is 20.9 Å². The maximum atomic E-state index is 11.2. The Morgan fingerprint density at radius 3 is 2.79 bits per heavy atom. The van der Waals surface area contributed by atoms with E-state index in [2.05, 4.69) is 10.3 Å². The molecule has 1 aromatic heterocycles. The lowest BCUT2D eigenvalue weighted by atomic mass is 10.3. The van der Waals surface area contributed by atoms with E-state index in [1.165, 1.54) is 18.2 Å². The average Bonchev–Trinajstić information content (AvgIpc) is 2.46. The molecule has 74 valence electrons. The first-order chi connectivity index (χ1) is 6.48. The van der Waals surface area contributed by atoms with Gasteiger partial charge in [-0.2, -0.15) is 0 Å². The van der Waals surface area contributed by atoms with Crippen LogP contribution in [-0.4, -0.2) is 35.0 Å². The van der Waals surface area contributed by atoms with Crippen molar-refractivity contribution < 1.29 is 13.6 Å². The van der Waals surface area contributed by atoms with Crippen LogP contribution in [0, 0.1) is 0 Å². The van der Waals surface area contributed by atoms with Crippen molar-refractivity contribution in [3.63, 3.8) is 0 Å². The minimum absolute atomic E-state index is 0.127. The Bertz CT molecular complexity index is 587. The van der Waals surface area contributed by atoms with Crippen molar-refractivity contribution in [1.82, 2.24) is 15.2 Å². The van der Waals surface area contributed by atoms with Gasteiger partial charge >= 0.3 is 0 Å². The summed E-state index contributed by atoms with van der Waals surface area (Å²) in [7, 11) is -3.27. The van der Waals surface area contributed by atoms with Gasteiger partial charge in [0.05, 0.1) is 4.90 Å². The molecule has 0 radical (unpaired) electrons. The number of fused-ring (bicyclic) bond motifs is 1. The summed E-state index contributed by atoms with van der Waals surface area (Å²) in [5, 5.41) is 16.1. The molecule has 7 heteroatoms. The van der Waals surface area contributed by atoms with Gasteiger partial charge in [-0.05, 0) is 23.4 Å². The zero-order chi connectivity index (χ0) is 10.3. The Balaban J connectivity index is 2.79. The molecular weight excluding hydrogens is 206 g/mol. The van der Waals surface area contributed by atoms with Crippen LogP contribution >= 0.6 is 0 Å². The first kappa shape index (κ1) is 8.95. The first-order valence-corrected chi connectivity index (χ1v) is 5.62. The molecule has 0 saturated carbocycles. The highest BCUT2D eigenvalue weighted by Gasteiger charge is 2.10. The zero-order valence-electron chi connectivity index (χ0n) is 7.25. The summed E-state index contributed by atoms with van der Waals surface area (Å²) in [6.07, 6.45) is 1.10. The van der Waals surface area contributed by atoms with E-state index in [9.17, 15) is 8.42 Å². The third kappa shape index (κ3) is 1.31. The summed E-state index contributed by atoms with van der Waals surface area (Å²) in [6.45, 7) is 0. The molecule has 14 heavy (non-hydrogen) atoms. The lowest BCUT2D eigenvalue weighted by molar-refractivity contribution is 0.154. The predicted octanol–water partition coefficient (Wildman–Crippen LogP) is 0.0721. The van der Waals surface area contributed by atoms with Crippen LogP contribution in [0.25, 0.3) is 11.0 Å². The van der Waals surface area contributed by atoms with Gasteiger partial charge in [0, 0.05) is 6.26 Å². The molecule has 0 saturated heterocycles. The normalized spacial score (nSPS) is 12.1. The van der Waals surface area contributed by atoms with E-state index in [1.54, 1.807) is 0 Å². The second kappa shape index (κ2) is 2.68. The molecule has 1 N–H and O–H groups in total. The molecule has 2 rings (SSSR count). The fraction of sp³-hybridized carbons (Fsp3) is 0.143. The summed E-state index contributed by atoms with van der Waals surface area (Å²) in [5.74, 6) is 0. The predicted molar refractivity (Wildman–Crippen MR) is 47.8 cm³/mol. The Labute approximate surface area is 79.6 Å². The van der Waals surface area contributed by atoms with Crippen LogP contribution in [0.1, 0.15) is 0 Å². The Morgan fingerprint density at radius 1 is 1.43 bits per heavy atom. The summed E-state index contributed by atoms with van der Waals surface area (Å²) in [6, 6.07) is 4.24. The summed E-state index contributed by atoms with van der Waals surface area (Å²) in [4.78, 5) is 0.673. The van der Waals surface area contributed by atoms with E-state index < -0.39 is 9.84 Å². The van der Waals surface area contributed by atoms with Crippen molar-refractivity contribution in [2.45, 2.75) is 4.90 Å². The minimum Gasteiger partial charge on any atom is -0.410 e. The first-order valence-electron chi connectivity index (χ1n) is 3.73. The van der Waals surface area contributed by atoms with Gasteiger partial charge in [0.2, 0.25) is 0 Å². The second-order valence-corrected chi connectivity index (χ2v) is 4.92. The minimum atomic E-state index is -3.27. The number of rotatable bonds is 1. The van der Waals surface area contributed by atoms with E-state index >= 15 is 0 Å². The van der Waals surface area contributed by atoms with Gasteiger partial charge < -0.3 is 5.21 Å². The van der Waals surface area contributed by atoms with Crippen LogP contribution in [0.15, 0.2) is 23.1 Å². The van der Waals surface area contributed by atoms with E-state index in [0.717, 1.165) is 6.26 Å². The molecule has 0 unspecified atom stereocenters. The number of hydrogen-bond acceptors (Lipinski definition) is 5. The Hall–Kier alpha value is -1.63. The van der Waals surface area contributed by atoms with Gasteiger partial charge in [-0.15, -0.1) is 5.10 Å². The molecule has 0 amide bonds. The molecule has 0 aliphatic heterocycles. The van der Waals surface area contributed by atoms with Gasteiger partial charge in [-0.1, -0.05) is 4.85 Å². The molecule has 0 spiro atoms. The van der Waals surface area contributed by atoms with E-state index in [-0.39, 0.29) is 10.4 Å². The van der Waals surface area contributed by atoms with Crippen LogP contribution in [0.5, 0.6) is 0 Å². The van der Waals surface area contributed by atoms with Gasteiger partial charge in [0.15, 0.2) is 9.84 Å². The van der Waals surface area contributed by atoms with Crippen LogP contribution in [0.4, 0.5) is 0 Å². The van der Waals surface area contributed by atoms with Crippen molar-refractivity contribution in [2.24, 2.45) is 0 Å². The van der Waals surface area contributed by atoms with E-state index in [4.69, 9.17) is 5.21 Å². The number of benzene rings is 1. The van der Waals surface area contributed by atoms with Crippen molar-refractivity contribution in [1.29, 1.82) is 0 Å². The molecule has 0 fully saturated rings. The summed E-state index contributed by atoms with van der Waals surface area (Å²) < 4.78 is 22.4. The third-order valence-electron chi connectivity index (χ3n) is 1.83.